The first-order valence-corrected chi connectivity index (χ1v) is 3.97. The summed E-state index contributed by atoms with van der Waals surface area (Å²) in [6.45, 7) is 2.13. The second-order valence-corrected chi connectivity index (χ2v) is 2.94. The van der Waals surface area contributed by atoms with Crippen LogP contribution in [-0.4, -0.2) is 11.8 Å². The van der Waals surface area contributed by atoms with E-state index in [4.69, 9.17) is 4.42 Å². The minimum Gasteiger partial charge on any atom is -0.463 e. The molecule has 2 rings (SSSR count). The Morgan fingerprint density at radius 3 is 3.09 bits per heavy atom. The molecule has 1 atom stereocenters. The zero-order chi connectivity index (χ0) is 7.68. The molecule has 1 aliphatic heterocycles. The van der Waals surface area contributed by atoms with Gasteiger partial charge >= 0.3 is 0 Å². The first-order valence-electron chi connectivity index (χ1n) is 3.97. The van der Waals surface area contributed by atoms with Crippen LogP contribution in [-0.2, 0) is 0 Å². The number of aliphatic imine (C=N–C) groups is 1. The Bertz CT molecular complexity index is 261. The van der Waals surface area contributed by atoms with Crippen molar-refractivity contribution in [3.63, 3.8) is 0 Å². The molecule has 1 aromatic rings. The first kappa shape index (κ1) is 6.65. The number of hydrogen-bond donors (Lipinski definition) is 0. The Morgan fingerprint density at radius 1 is 1.64 bits per heavy atom. The molecular formula is C9H11NO. The molecule has 0 aromatic carbocycles. The molecule has 0 radical (unpaired) electrons. The highest BCUT2D eigenvalue weighted by Crippen LogP contribution is 2.17. The lowest BCUT2D eigenvalue weighted by Crippen LogP contribution is -1.91. The molecule has 2 heterocycles. The van der Waals surface area contributed by atoms with E-state index in [1.54, 1.807) is 6.26 Å². The van der Waals surface area contributed by atoms with Gasteiger partial charge in [-0.3, -0.25) is 4.99 Å². The molecule has 0 saturated carbocycles. The van der Waals surface area contributed by atoms with Crippen molar-refractivity contribution in [1.29, 1.82) is 0 Å². The quantitative estimate of drug-likeness (QED) is 0.601. The molecule has 0 amide bonds. The molecule has 1 aromatic heterocycles. The summed E-state index contributed by atoms with van der Waals surface area (Å²) in [5.74, 6) is 0.939. The second kappa shape index (κ2) is 2.53. The van der Waals surface area contributed by atoms with Gasteiger partial charge in [0.25, 0.3) is 0 Å². The van der Waals surface area contributed by atoms with Gasteiger partial charge in [-0.1, -0.05) is 0 Å². The van der Waals surface area contributed by atoms with Crippen LogP contribution in [0.3, 0.4) is 0 Å². The molecule has 11 heavy (non-hydrogen) atoms. The van der Waals surface area contributed by atoms with Crippen molar-refractivity contribution in [2.75, 3.05) is 0 Å². The fraction of sp³-hybridized carbons (Fsp3) is 0.444. The highest BCUT2D eigenvalue weighted by atomic mass is 16.3. The van der Waals surface area contributed by atoms with Gasteiger partial charge in [0.1, 0.15) is 5.76 Å². The van der Waals surface area contributed by atoms with Crippen molar-refractivity contribution in [2.24, 2.45) is 4.99 Å². The van der Waals surface area contributed by atoms with E-state index >= 15 is 0 Å². The van der Waals surface area contributed by atoms with E-state index in [2.05, 4.69) is 11.9 Å². The molecule has 0 fully saturated rings. The number of furan rings is 1. The lowest BCUT2D eigenvalue weighted by atomic mass is 10.2. The summed E-state index contributed by atoms with van der Waals surface area (Å²) in [6.07, 6.45) is 3.92. The zero-order valence-corrected chi connectivity index (χ0v) is 6.58. The molecular weight excluding hydrogens is 138 g/mol. The Kier molecular flexibility index (Phi) is 1.53. The van der Waals surface area contributed by atoms with Crippen molar-refractivity contribution >= 4 is 5.71 Å². The van der Waals surface area contributed by atoms with Gasteiger partial charge in [0, 0.05) is 6.04 Å². The molecule has 0 spiro atoms. The standard InChI is InChI=1S/C9H11NO/c1-7-4-5-8(10-7)9-3-2-6-11-9/h2-3,6-7H,4-5H2,1H3. The Hall–Kier alpha value is -1.05. The van der Waals surface area contributed by atoms with Crippen LogP contribution in [0.2, 0.25) is 0 Å². The highest BCUT2D eigenvalue weighted by Gasteiger charge is 2.15. The summed E-state index contributed by atoms with van der Waals surface area (Å²) in [5, 5.41) is 0. The molecule has 0 saturated heterocycles. The Labute approximate surface area is 65.9 Å². The maximum absolute atomic E-state index is 5.23. The minimum atomic E-state index is 0.482. The highest BCUT2D eigenvalue weighted by molar-refractivity contribution is 5.99. The first-order chi connectivity index (χ1) is 5.36. The van der Waals surface area contributed by atoms with Crippen molar-refractivity contribution in [1.82, 2.24) is 0 Å². The average Bonchev–Trinajstić information content (AvgIpc) is 2.55. The van der Waals surface area contributed by atoms with Crippen LogP contribution in [0.15, 0.2) is 27.8 Å². The predicted molar refractivity (Wildman–Crippen MR) is 43.9 cm³/mol. The monoisotopic (exact) mass is 149 g/mol. The minimum absolute atomic E-state index is 0.482. The van der Waals surface area contributed by atoms with Crippen molar-refractivity contribution in [3.05, 3.63) is 24.2 Å². The number of hydrogen-bond acceptors (Lipinski definition) is 2. The third-order valence-corrected chi connectivity index (χ3v) is 1.98. The smallest absolute Gasteiger partial charge is 0.147 e. The molecule has 2 heteroatoms. The second-order valence-electron chi connectivity index (χ2n) is 2.94. The van der Waals surface area contributed by atoms with Crippen LogP contribution in [0, 0.1) is 0 Å². The van der Waals surface area contributed by atoms with Gasteiger partial charge in [-0.2, -0.15) is 0 Å². The van der Waals surface area contributed by atoms with Crippen molar-refractivity contribution in [2.45, 2.75) is 25.8 Å². The number of rotatable bonds is 1. The maximum Gasteiger partial charge on any atom is 0.147 e. The maximum atomic E-state index is 5.23. The van der Waals surface area contributed by atoms with Crippen LogP contribution < -0.4 is 0 Å². The molecule has 0 bridgehead atoms. The average molecular weight is 149 g/mol. The van der Waals surface area contributed by atoms with Gasteiger partial charge in [-0.05, 0) is 31.9 Å². The molecule has 2 nitrogen and oxygen atoms in total. The normalized spacial score (nSPS) is 23.7. The van der Waals surface area contributed by atoms with Crippen LogP contribution in [0.25, 0.3) is 0 Å². The SMILES string of the molecule is CC1CCC(c2ccco2)=N1. The van der Waals surface area contributed by atoms with E-state index in [-0.39, 0.29) is 0 Å². The van der Waals surface area contributed by atoms with E-state index in [0.29, 0.717) is 6.04 Å². The Balaban J connectivity index is 2.25. The number of nitrogens with zero attached hydrogens (tertiary/aromatic N) is 1. The molecule has 58 valence electrons. The van der Waals surface area contributed by atoms with Gasteiger partial charge < -0.3 is 4.42 Å². The topological polar surface area (TPSA) is 25.5 Å². The summed E-state index contributed by atoms with van der Waals surface area (Å²) < 4.78 is 5.23. The van der Waals surface area contributed by atoms with Gasteiger partial charge in [0.05, 0.1) is 12.0 Å². The largest absolute Gasteiger partial charge is 0.463 e. The van der Waals surface area contributed by atoms with Crippen LogP contribution in [0.4, 0.5) is 0 Å². The van der Waals surface area contributed by atoms with Gasteiger partial charge in [0.2, 0.25) is 0 Å². The fourth-order valence-electron chi connectivity index (χ4n) is 1.37. The van der Waals surface area contributed by atoms with Crippen LogP contribution >= 0.6 is 0 Å². The van der Waals surface area contributed by atoms with Gasteiger partial charge in [-0.15, -0.1) is 0 Å². The van der Waals surface area contributed by atoms with E-state index < -0.39 is 0 Å². The van der Waals surface area contributed by atoms with Crippen LogP contribution in [0.5, 0.6) is 0 Å². The van der Waals surface area contributed by atoms with Crippen molar-refractivity contribution in [3.8, 4) is 0 Å². The summed E-state index contributed by atoms with van der Waals surface area (Å²) in [4.78, 5) is 4.45. The van der Waals surface area contributed by atoms with E-state index in [0.717, 1.165) is 24.3 Å². The van der Waals surface area contributed by atoms with Gasteiger partial charge in [0.15, 0.2) is 0 Å². The predicted octanol–water partition coefficient (Wildman–Crippen LogP) is 2.25. The summed E-state index contributed by atoms with van der Waals surface area (Å²) >= 11 is 0. The molecule has 1 unspecified atom stereocenters. The van der Waals surface area contributed by atoms with Crippen molar-refractivity contribution < 1.29 is 4.42 Å². The zero-order valence-electron chi connectivity index (χ0n) is 6.58. The lowest BCUT2D eigenvalue weighted by molar-refractivity contribution is 0.556. The summed E-state index contributed by atoms with van der Waals surface area (Å²) in [5.41, 5.74) is 1.13. The van der Waals surface area contributed by atoms with E-state index in [9.17, 15) is 0 Å². The lowest BCUT2D eigenvalue weighted by Gasteiger charge is -1.91. The Morgan fingerprint density at radius 2 is 2.55 bits per heavy atom. The summed E-state index contributed by atoms with van der Waals surface area (Å²) in [6, 6.07) is 4.35. The molecule has 1 aliphatic rings. The summed E-state index contributed by atoms with van der Waals surface area (Å²) in [7, 11) is 0. The van der Waals surface area contributed by atoms with Gasteiger partial charge in [-0.25, -0.2) is 0 Å². The van der Waals surface area contributed by atoms with E-state index in [1.165, 1.54) is 0 Å². The molecule has 0 aliphatic carbocycles. The van der Waals surface area contributed by atoms with E-state index in [1.807, 2.05) is 12.1 Å². The third-order valence-electron chi connectivity index (χ3n) is 1.98. The third kappa shape index (κ3) is 1.20. The van der Waals surface area contributed by atoms with Crippen LogP contribution in [0.1, 0.15) is 25.5 Å². The fourth-order valence-corrected chi connectivity index (χ4v) is 1.37. The molecule has 0 N–H and O–H groups in total.